The Bertz CT molecular complexity index is 356. The molecule has 1 aromatic heterocycles. The summed E-state index contributed by atoms with van der Waals surface area (Å²) in [7, 11) is 0. The lowest BCUT2D eigenvalue weighted by Gasteiger charge is -2.17. The van der Waals surface area contributed by atoms with E-state index in [1.807, 2.05) is 12.3 Å². The molecule has 94 valence electrons. The molecule has 5 nitrogen and oxygen atoms in total. The van der Waals surface area contributed by atoms with Crippen LogP contribution in [-0.2, 0) is 16.1 Å². The molecule has 2 N–H and O–H groups in total. The van der Waals surface area contributed by atoms with Crippen molar-refractivity contribution in [1.29, 1.82) is 0 Å². The lowest BCUT2D eigenvalue weighted by Crippen LogP contribution is -2.43. The molecule has 1 aliphatic heterocycles. The summed E-state index contributed by atoms with van der Waals surface area (Å²) in [5, 5.41) is 8.11. The zero-order valence-corrected chi connectivity index (χ0v) is 10.6. The molecule has 17 heavy (non-hydrogen) atoms. The minimum atomic E-state index is -0.0893. The maximum Gasteiger partial charge on any atom is 0.227 e. The number of carbonyl (C=O) groups is 1. The van der Waals surface area contributed by atoms with Crippen LogP contribution < -0.4 is 10.6 Å². The SMILES string of the molecule is CCNC1COCC1C(=O)NCc1cscn1. The van der Waals surface area contributed by atoms with Gasteiger partial charge in [0.25, 0.3) is 0 Å². The molecule has 2 atom stereocenters. The third-order valence-electron chi connectivity index (χ3n) is 2.81. The van der Waals surface area contributed by atoms with Crippen molar-refractivity contribution in [2.75, 3.05) is 19.8 Å². The van der Waals surface area contributed by atoms with E-state index < -0.39 is 0 Å². The topological polar surface area (TPSA) is 63.2 Å². The highest BCUT2D eigenvalue weighted by atomic mass is 32.1. The number of hydrogen-bond acceptors (Lipinski definition) is 5. The summed E-state index contributed by atoms with van der Waals surface area (Å²) < 4.78 is 5.34. The highest BCUT2D eigenvalue weighted by Gasteiger charge is 2.33. The number of ether oxygens (including phenoxy) is 1. The highest BCUT2D eigenvalue weighted by Crippen LogP contribution is 2.14. The van der Waals surface area contributed by atoms with Gasteiger partial charge in [-0.2, -0.15) is 0 Å². The summed E-state index contributed by atoms with van der Waals surface area (Å²) in [6.45, 7) is 4.49. The average Bonchev–Trinajstić information content (AvgIpc) is 2.97. The van der Waals surface area contributed by atoms with E-state index in [9.17, 15) is 4.79 Å². The van der Waals surface area contributed by atoms with Crippen molar-refractivity contribution in [3.8, 4) is 0 Å². The van der Waals surface area contributed by atoms with Crippen molar-refractivity contribution in [1.82, 2.24) is 15.6 Å². The average molecular weight is 255 g/mol. The molecule has 2 heterocycles. The smallest absolute Gasteiger partial charge is 0.227 e. The summed E-state index contributed by atoms with van der Waals surface area (Å²) in [6.07, 6.45) is 0. The lowest BCUT2D eigenvalue weighted by molar-refractivity contribution is -0.125. The normalized spacial score (nSPS) is 23.8. The summed E-state index contributed by atoms with van der Waals surface area (Å²) in [5.74, 6) is -0.0463. The van der Waals surface area contributed by atoms with E-state index in [-0.39, 0.29) is 17.9 Å². The Kier molecular flexibility index (Phi) is 4.47. The highest BCUT2D eigenvalue weighted by molar-refractivity contribution is 7.07. The van der Waals surface area contributed by atoms with E-state index >= 15 is 0 Å². The second kappa shape index (κ2) is 6.09. The number of rotatable bonds is 5. The third-order valence-corrected chi connectivity index (χ3v) is 3.45. The number of likely N-dealkylation sites (N-methyl/N-ethyl adjacent to an activating group) is 1. The van der Waals surface area contributed by atoms with Gasteiger partial charge in [0.15, 0.2) is 0 Å². The van der Waals surface area contributed by atoms with Crippen LogP contribution in [0.15, 0.2) is 10.9 Å². The molecule has 0 bridgehead atoms. The predicted molar refractivity (Wildman–Crippen MR) is 65.7 cm³/mol. The minimum absolute atomic E-state index is 0.0430. The molecule has 1 fully saturated rings. The molecule has 2 unspecified atom stereocenters. The van der Waals surface area contributed by atoms with Gasteiger partial charge in [-0.25, -0.2) is 4.98 Å². The van der Waals surface area contributed by atoms with E-state index in [4.69, 9.17) is 4.74 Å². The monoisotopic (exact) mass is 255 g/mol. The number of amides is 1. The Labute approximate surface area is 105 Å². The van der Waals surface area contributed by atoms with Crippen LogP contribution in [0.25, 0.3) is 0 Å². The number of thiazole rings is 1. The largest absolute Gasteiger partial charge is 0.379 e. The van der Waals surface area contributed by atoms with Crippen LogP contribution >= 0.6 is 11.3 Å². The van der Waals surface area contributed by atoms with Crippen molar-refractivity contribution >= 4 is 17.2 Å². The van der Waals surface area contributed by atoms with E-state index in [1.54, 1.807) is 5.51 Å². The maximum atomic E-state index is 12.0. The molecule has 1 amide bonds. The minimum Gasteiger partial charge on any atom is -0.379 e. The molecule has 6 heteroatoms. The maximum absolute atomic E-state index is 12.0. The standard InChI is InChI=1S/C11H17N3O2S/c1-2-12-10-5-16-4-9(10)11(15)13-3-8-6-17-7-14-8/h6-7,9-10,12H,2-5H2,1H3,(H,13,15). The van der Waals surface area contributed by atoms with Crippen LogP contribution in [0.3, 0.4) is 0 Å². The number of hydrogen-bond donors (Lipinski definition) is 2. The summed E-state index contributed by atoms with van der Waals surface area (Å²) in [4.78, 5) is 16.1. The van der Waals surface area contributed by atoms with Crippen LogP contribution in [0.4, 0.5) is 0 Å². The second-order valence-corrected chi connectivity index (χ2v) is 4.72. The summed E-state index contributed by atoms with van der Waals surface area (Å²) in [6, 6.07) is 0.135. The quantitative estimate of drug-likeness (QED) is 0.798. The molecule has 1 aromatic rings. The molecule has 0 spiro atoms. The molecule has 0 aliphatic carbocycles. The van der Waals surface area contributed by atoms with Gasteiger partial charge >= 0.3 is 0 Å². The fourth-order valence-corrected chi connectivity index (χ4v) is 2.47. The Balaban J connectivity index is 1.82. The van der Waals surface area contributed by atoms with Gasteiger partial charge in [-0.1, -0.05) is 6.92 Å². The Hall–Kier alpha value is -0.980. The van der Waals surface area contributed by atoms with Gasteiger partial charge in [0, 0.05) is 11.4 Å². The van der Waals surface area contributed by atoms with E-state index in [2.05, 4.69) is 15.6 Å². The van der Waals surface area contributed by atoms with Crippen molar-refractivity contribution in [2.45, 2.75) is 19.5 Å². The Morgan fingerprint density at radius 2 is 2.53 bits per heavy atom. The molecular weight excluding hydrogens is 238 g/mol. The fourth-order valence-electron chi connectivity index (χ4n) is 1.91. The van der Waals surface area contributed by atoms with E-state index in [1.165, 1.54) is 11.3 Å². The first-order valence-corrected chi connectivity index (χ1v) is 6.71. The number of carbonyl (C=O) groups excluding carboxylic acids is 1. The van der Waals surface area contributed by atoms with Crippen LogP contribution in [-0.4, -0.2) is 36.7 Å². The van der Waals surface area contributed by atoms with Crippen molar-refractivity contribution in [2.24, 2.45) is 5.92 Å². The number of nitrogens with zero attached hydrogens (tertiary/aromatic N) is 1. The van der Waals surface area contributed by atoms with Crippen LogP contribution in [0.2, 0.25) is 0 Å². The van der Waals surface area contributed by atoms with Crippen molar-refractivity contribution in [3.63, 3.8) is 0 Å². The second-order valence-electron chi connectivity index (χ2n) is 4.01. The first kappa shape index (κ1) is 12.5. The van der Waals surface area contributed by atoms with Gasteiger partial charge in [-0.15, -0.1) is 11.3 Å². The molecule has 0 aromatic carbocycles. The third kappa shape index (κ3) is 3.24. The molecule has 1 saturated heterocycles. The zero-order valence-electron chi connectivity index (χ0n) is 9.81. The Morgan fingerprint density at radius 1 is 1.65 bits per heavy atom. The molecule has 1 aliphatic rings. The van der Waals surface area contributed by atoms with Crippen LogP contribution in [0, 0.1) is 5.92 Å². The van der Waals surface area contributed by atoms with Gasteiger partial charge in [0.1, 0.15) is 0 Å². The summed E-state index contributed by atoms with van der Waals surface area (Å²) in [5.41, 5.74) is 2.67. The van der Waals surface area contributed by atoms with Gasteiger partial charge in [-0.3, -0.25) is 4.79 Å². The van der Waals surface area contributed by atoms with E-state index in [0.717, 1.165) is 12.2 Å². The van der Waals surface area contributed by atoms with Crippen molar-refractivity contribution < 1.29 is 9.53 Å². The fraction of sp³-hybridized carbons (Fsp3) is 0.636. The molecule has 0 saturated carbocycles. The van der Waals surface area contributed by atoms with Crippen LogP contribution in [0.5, 0.6) is 0 Å². The summed E-state index contributed by atoms with van der Waals surface area (Å²) >= 11 is 1.53. The van der Waals surface area contributed by atoms with Gasteiger partial charge in [0.05, 0.1) is 36.9 Å². The molecular formula is C11H17N3O2S. The lowest BCUT2D eigenvalue weighted by atomic mass is 10.0. The van der Waals surface area contributed by atoms with Gasteiger partial charge in [0.2, 0.25) is 5.91 Å². The van der Waals surface area contributed by atoms with E-state index in [0.29, 0.717) is 19.8 Å². The number of nitrogens with one attached hydrogen (secondary N) is 2. The predicted octanol–water partition coefficient (Wildman–Crippen LogP) is 0.384. The number of aromatic nitrogens is 1. The van der Waals surface area contributed by atoms with Crippen LogP contribution in [0.1, 0.15) is 12.6 Å². The Morgan fingerprint density at radius 3 is 3.24 bits per heavy atom. The van der Waals surface area contributed by atoms with Crippen molar-refractivity contribution in [3.05, 3.63) is 16.6 Å². The first-order chi connectivity index (χ1) is 8.31. The molecule has 0 radical (unpaired) electrons. The van der Waals surface area contributed by atoms with Gasteiger partial charge in [-0.05, 0) is 6.54 Å². The van der Waals surface area contributed by atoms with Gasteiger partial charge < -0.3 is 15.4 Å². The molecule has 2 rings (SSSR count). The zero-order chi connectivity index (χ0) is 12.1. The first-order valence-electron chi connectivity index (χ1n) is 5.77.